The molecule has 0 aliphatic heterocycles. The van der Waals surface area contributed by atoms with Gasteiger partial charge in [0.15, 0.2) is 0 Å². The molecule has 0 fully saturated rings. The molecule has 1 aromatic rings. The number of nitrogens with one attached hydrogen (secondary N) is 2. The Kier molecular flexibility index (Phi) is 8.69. The average molecular weight is 266 g/mol. The Bertz CT molecular complexity index is 234. The molecule has 1 radical (unpaired) electrons. The fourth-order valence-electron chi connectivity index (χ4n) is 1.19. The van der Waals surface area contributed by atoms with Crippen LogP contribution in [0.1, 0.15) is 18.1 Å². The molecule has 0 heterocycles. The van der Waals surface area contributed by atoms with Crippen LogP contribution in [0.5, 0.6) is 0 Å². The summed E-state index contributed by atoms with van der Waals surface area (Å²) in [5.41, 5.74) is 2.60. The van der Waals surface area contributed by atoms with Crippen molar-refractivity contribution in [3.63, 3.8) is 0 Å². The molecule has 0 saturated heterocycles. The predicted molar refractivity (Wildman–Crippen MR) is 56.0 cm³/mol. The van der Waals surface area contributed by atoms with Crippen molar-refractivity contribution in [3.05, 3.63) is 42.4 Å². The second kappa shape index (κ2) is 8.54. The van der Waals surface area contributed by atoms with Gasteiger partial charge in [0.25, 0.3) is 0 Å². The summed E-state index contributed by atoms with van der Waals surface area (Å²) in [5.74, 6) is 0. The fraction of sp³-hybridized carbons (Fsp3) is 0.364. The van der Waals surface area contributed by atoms with Crippen LogP contribution in [0.3, 0.4) is 0 Å². The standard InChI is InChI=1S/C11H17N2.Y/c1-3-13-9-11-6-4-10(5-7-11)8-12-2;/h4-7,12-13H,2-3,8-9H2,1H3;/q-1;. The Hall–Kier alpha value is 0.244. The van der Waals surface area contributed by atoms with Crippen LogP contribution in [-0.2, 0) is 45.8 Å². The van der Waals surface area contributed by atoms with E-state index >= 15 is 0 Å². The van der Waals surface area contributed by atoms with Gasteiger partial charge in [-0.15, -0.1) is 0 Å². The van der Waals surface area contributed by atoms with Crippen LogP contribution in [0.15, 0.2) is 24.3 Å². The SMILES string of the molecule is [CH2-]NCc1ccc(CNCC)cc1.[Y]. The van der Waals surface area contributed by atoms with Crippen LogP contribution in [-0.4, -0.2) is 6.54 Å². The fourth-order valence-corrected chi connectivity index (χ4v) is 1.19. The summed E-state index contributed by atoms with van der Waals surface area (Å²) < 4.78 is 0. The molecule has 14 heavy (non-hydrogen) atoms. The minimum absolute atomic E-state index is 0. The van der Waals surface area contributed by atoms with Crippen LogP contribution in [0, 0.1) is 7.05 Å². The molecule has 0 aromatic heterocycles. The van der Waals surface area contributed by atoms with Gasteiger partial charge in [-0.2, -0.15) is 0 Å². The molecule has 3 heteroatoms. The smallest absolute Gasteiger partial charge is 0.0205 e. The van der Waals surface area contributed by atoms with Crippen molar-refractivity contribution in [3.8, 4) is 0 Å². The van der Waals surface area contributed by atoms with Crippen LogP contribution < -0.4 is 10.6 Å². The van der Waals surface area contributed by atoms with E-state index in [-0.39, 0.29) is 32.7 Å². The second-order valence-corrected chi connectivity index (χ2v) is 3.02. The topological polar surface area (TPSA) is 24.1 Å². The molecule has 0 saturated carbocycles. The van der Waals surface area contributed by atoms with Gasteiger partial charge < -0.3 is 10.6 Å². The first kappa shape index (κ1) is 14.2. The van der Waals surface area contributed by atoms with Crippen molar-refractivity contribution in [1.29, 1.82) is 0 Å². The zero-order valence-corrected chi connectivity index (χ0v) is 11.6. The first-order chi connectivity index (χ1) is 6.36. The first-order valence-electron chi connectivity index (χ1n) is 4.65. The molecule has 0 bridgehead atoms. The van der Waals surface area contributed by atoms with E-state index in [2.05, 4.69) is 48.9 Å². The van der Waals surface area contributed by atoms with Gasteiger partial charge in [-0.1, -0.05) is 31.2 Å². The third-order valence-electron chi connectivity index (χ3n) is 1.93. The molecule has 1 aromatic carbocycles. The molecule has 75 valence electrons. The third kappa shape index (κ3) is 5.21. The van der Waals surface area contributed by atoms with E-state index in [9.17, 15) is 0 Å². The van der Waals surface area contributed by atoms with Crippen molar-refractivity contribution in [2.24, 2.45) is 0 Å². The minimum Gasteiger partial charge on any atom is -0.469 e. The van der Waals surface area contributed by atoms with Gasteiger partial charge >= 0.3 is 0 Å². The summed E-state index contributed by atoms with van der Waals surface area (Å²) in [6.45, 7) is 4.92. The number of rotatable bonds is 5. The minimum atomic E-state index is 0. The summed E-state index contributed by atoms with van der Waals surface area (Å²) in [6.07, 6.45) is 0. The second-order valence-electron chi connectivity index (χ2n) is 3.02. The number of hydrogen-bond donors (Lipinski definition) is 2. The van der Waals surface area contributed by atoms with Crippen LogP contribution in [0.2, 0.25) is 0 Å². The Labute approximate surface area is 112 Å². The summed E-state index contributed by atoms with van der Waals surface area (Å²) in [6, 6.07) is 8.56. The Morgan fingerprint density at radius 2 is 1.57 bits per heavy atom. The molecular formula is C11H17N2Y-. The normalized spacial score (nSPS) is 9.57. The van der Waals surface area contributed by atoms with Crippen molar-refractivity contribution >= 4 is 0 Å². The van der Waals surface area contributed by atoms with E-state index < -0.39 is 0 Å². The molecule has 0 spiro atoms. The maximum absolute atomic E-state index is 3.59. The van der Waals surface area contributed by atoms with Crippen LogP contribution >= 0.6 is 0 Å². The van der Waals surface area contributed by atoms with Gasteiger partial charge in [-0.05, 0) is 24.2 Å². The van der Waals surface area contributed by atoms with Gasteiger partial charge in [-0.25, -0.2) is 0 Å². The van der Waals surface area contributed by atoms with E-state index in [4.69, 9.17) is 0 Å². The Morgan fingerprint density at radius 3 is 2.00 bits per heavy atom. The third-order valence-corrected chi connectivity index (χ3v) is 1.93. The summed E-state index contributed by atoms with van der Waals surface area (Å²) in [5, 5.41) is 6.17. The summed E-state index contributed by atoms with van der Waals surface area (Å²) >= 11 is 0. The van der Waals surface area contributed by atoms with E-state index in [1.165, 1.54) is 11.1 Å². The Balaban J connectivity index is 0.00000169. The molecule has 0 atom stereocenters. The monoisotopic (exact) mass is 266 g/mol. The molecular weight excluding hydrogens is 249 g/mol. The van der Waals surface area contributed by atoms with Crippen molar-refractivity contribution < 1.29 is 32.7 Å². The first-order valence-corrected chi connectivity index (χ1v) is 4.65. The molecule has 1 rings (SSSR count). The van der Waals surface area contributed by atoms with Gasteiger partial charge in [-0.3, -0.25) is 7.05 Å². The van der Waals surface area contributed by atoms with E-state index in [1.807, 2.05) is 0 Å². The molecule has 0 aliphatic carbocycles. The van der Waals surface area contributed by atoms with E-state index in [0.717, 1.165) is 19.6 Å². The van der Waals surface area contributed by atoms with Crippen LogP contribution in [0.25, 0.3) is 0 Å². The average Bonchev–Trinajstić information content (AvgIpc) is 2.17. The maximum atomic E-state index is 3.59. The predicted octanol–water partition coefficient (Wildman–Crippen LogP) is 1.67. The molecule has 2 N–H and O–H groups in total. The maximum Gasteiger partial charge on any atom is 0.0205 e. The zero-order valence-electron chi connectivity index (χ0n) is 8.72. The van der Waals surface area contributed by atoms with Gasteiger partial charge in [0.2, 0.25) is 0 Å². The van der Waals surface area contributed by atoms with Crippen molar-refractivity contribution in [1.82, 2.24) is 10.6 Å². The van der Waals surface area contributed by atoms with E-state index in [0.29, 0.717) is 0 Å². The van der Waals surface area contributed by atoms with Crippen LogP contribution in [0.4, 0.5) is 0 Å². The van der Waals surface area contributed by atoms with Crippen molar-refractivity contribution in [2.75, 3.05) is 6.54 Å². The zero-order chi connectivity index (χ0) is 9.52. The van der Waals surface area contributed by atoms with Gasteiger partial charge in [0.05, 0.1) is 0 Å². The molecule has 0 aliphatic rings. The summed E-state index contributed by atoms with van der Waals surface area (Å²) in [7, 11) is 3.59. The Morgan fingerprint density at radius 1 is 1.07 bits per heavy atom. The quantitative estimate of drug-likeness (QED) is 0.792. The van der Waals surface area contributed by atoms with Crippen molar-refractivity contribution in [2.45, 2.75) is 20.0 Å². The molecule has 0 amide bonds. The largest absolute Gasteiger partial charge is 0.469 e. The summed E-state index contributed by atoms with van der Waals surface area (Å²) in [4.78, 5) is 0. The van der Waals surface area contributed by atoms with Gasteiger partial charge in [0, 0.05) is 39.3 Å². The van der Waals surface area contributed by atoms with Gasteiger partial charge in [0.1, 0.15) is 0 Å². The number of hydrogen-bond acceptors (Lipinski definition) is 2. The number of benzene rings is 1. The molecule has 2 nitrogen and oxygen atoms in total. The molecule has 0 unspecified atom stereocenters. The van der Waals surface area contributed by atoms with E-state index in [1.54, 1.807) is 0 Å².